The number of para-hydroxylation sites is 1. The summed E-state index contributed by atoms with van der Waals surface area (Å²) in [5.41, 5.74) is 8.32. The van der Waals surface area contributed by atoms with E-state index in [0.29, 0.717) is 17.3 Å². The quantitative estimate of drug-likeness (QED) is 0.946. The molecule has 0 fully saturated rings. The van der Waals surface area contributed by atoms with E-state index in [0.717, 1.165) is 29.7 Å². The number of aryl methyl sites for hydroxylation is 1. The Labute approximate surface area is 122 Å². The van der Waals surface area contributed by atoms with Gasteiger partial charge in [-0.3, -0.25) is 4.31 Å². The number of sulfonamides is 1. The maximum atomic E-state index is 12.8. The fourth-order valence-corrected chi connectivity index (χ4v) is 5.33. The lowest BCUT2D eigenvalue weighted by atomic mass is 10.0. The van der Waals surface area contributed by atoms with E-state index in [-0.39, 0.29) is 0 Å². The van der Waals surface area contributed by atoms with Crippen LogP contribution in [-0.4, -0.2) is 15.0 Å². The van der Waals surface area contributed by atoms with E-state index in [1.807, 2.05) is 29.6 Å². The fourth-order valence-electron chi connectivity index (χ4n) is 2.45. The van der Waals surface area contributed by atoms with Crippen molar-refractivity contribution in [2.45, 2.75) is 23.6 Å². The number of anilines is 1. The normalized spacial score (nSPS) is 15.2. The molecule has 2 N–H and O–H groups in total. The molecule has 0 unspecified atom stereocenters. The summed E-state index contributed by atoms with van der Waals surface area (Å²) in [5, 5.41) is 1.81. The standard InChI is InChI=1S/C14H16N2O2S2/c15-9-11-8-14(19-10-11)20(17,18)16-7-3-5-12-4-1-2-6-13(12)16/h1-2,4,6,8,10H,3,5,7,9,15H2. The number of fused-ring (bicyclic) bond motifs is 1. The second-order valence-corrected chi connectivity index (χ2v) is 7.79. The molecule has 0 amide bonds. The minimum Gasteiger partial charge on any atom is -0.326 e. The molecule has 0 atom stereocenters. The van der Waals surface area contributed by atoms with Crippen LogP contribution in [0.5, 0.6) is 0 Å². The molecular formula is C14H16N2O2S2. The van der Waals surface area contributed by atoms with Crippen molar-refractivity contribution < 1.29 is 8.42 Å². The van der Waals surface area contributed by atoms with E-state index in [1.165, 1.54) is 15.6 Å². The summed E-state index contributed by atoms with van der Waals surface area (Å²) < 4.78 is 27.4. The SMILES string of the molecule is NCc1csc(S(=O)(=O)N2CCCc3ccccc32)c1. The third-order valence-corrected chi connectivity index (χ3v) is 6.75. The van der Waals surface area contributed by atoms with Gasteiger partial charge in [-0.2, -0.15) is 0 Å². The average Bonchev–Trinajstić information content (AvgIpc) is 2.96. The maximum absolute atomic E-state index is 12.8. The van der Waals surface area contributed by atoms with Crippen LogP contribution in [0.1, 0.15) is 17.5 Å². The Balaban J connectivity index is 2.04. The van der Waals surface area contributed by atoms with Crippen molar-refractivity contribution in [2.24, 2.45) is 5.73 Å². The summed E-state index contributed by atoms with van der Waals surface area (Å²) in [6.07, 6.45) is 1.78. The van der Waals surface area contributed by atoms with Gasteiger partial charge in [0.25, 0.3) is 10.0 Å². The molecule has 1 aliphatic rings. The highest BCUT2D eigenvalue weighted by Gasteiger charge is 2.29. The van der Waals surface area contributed by atoms with Crippen LogP contribution >= 0.6 is 11.3 Å². The first-order chi connectivity index (χ1) is 9.63. The predicted octanol–water partition coefficient (Wildman–Crippen LogP) is 2.35. The van der Waals surface area contributed by atoms with Crippen LogP contribution in [0.25, 0.3) is 0 Å². The van der Waals surface area contributed by atoms with Gasteiger partial charge in [0.15, 0.2) is 0 Å². The molecule has 6 heteroatoms. The van der Waals surface area contributed by atoms with Gasteiger partial charge in [0.05, 0.1) is 5.69 Å². The smallest absolute Gasteiger partial charge is 0.273 e. The molecule has 106 valence electrons. The molecule has 1 aromatic carbocycles. The van der Waals surface area contributed by atoms with Crippen molar-refractivity contribution in [3.63, 3.8) is 0 Å². The lowest BCUT2D eigenvalue weighted by Crippen LogP contribution is -2.35. The topological polar surface area (TPSA) is 63.4 Å². The van der Waals surface area contributed by atoms with Gasteiger partial charge >= 0.3 is 0 Å². The number of benzene rings is 1. The number of rotatable bonds is 3. The molecule has 4 nitrogen and oxygen atoms in total. The molecule has 3 rings (SSSR count). The highest BCUT2D eigenvalue weighted by Crippen LogP contribution is 2.33. The van der Waals surface area contributed by atoms with Crippen LogP contribution in [0.15, 0.2) is 39.9 Å². The molecule has 2 aromatic rings. The van der Waals surface area contributed by atoms with Gasteiger partial charge in [0.2, 0.25) is 0 Å². The maximum Gasteiger partial charge on any atom is 0.273 e. The van der Waals surface area contributed by atoms with Crippen LogP contribution in [-0.2, 0) is 23.0 Å². The van der Waals surface area contributed by atoms with Crippen LogP contribution in [0.3, 0.4) is 0 Å². The molecular weight excluding hydrogens is 292 g/mol. The summed E-state index contributed by atoms with van der Waals surface area (Å²) in [7, 11) is -3.47. The van der Waals surface area contributed by atoms with Crippen LogP contribution < -0.4 is 10.0 Å². The second kappa shape index (κ2) is 5.20. The number of nitrogens with two attached hydrogens (primary N) is 1. The number of hydrogen-bond acceptors (Lipinski definition) is 4. The van der Waals surface area contributed by atoms with E-state index >= 15 is 0 Å². The molecule has 0 spiro atoms. The Hall–Kier alpha value is -1.37. The molecule has 0 saturated carbocycles. The monoisotopic (exact) mass is 308 g/mol. The van der Waals surface area contributed by atoms with E-state index in [1.54, 1.807) is 6.07 Å². The van der Waals surface area contributed by atoms with Crippen molar-refractivity contribution in [3.8, 4) is 0 Å². The first-order valence-electron chi connectivity index (χ1n) is 6.51. The Morgan fingerprint density at radius 2 is 2.10 bits per heavy atom. The Kier molecular flexibility index (Phi) is 3.54. The Morgan fingerprint density at radius 1 is 1.30 bits per heavy atom. The van der Waals surface area contributed by atoms with Crippen LogP contribution in [0.2, 0.25) is 0 Å². The third-order valence-electron chi connectivity index (χ3n) is 3.48. The molecule has 0 saturated heterocycles. The van der Waals surface area contributed by atoms with Gasteiger partial charge < -0.3 is 5.73 Å². The Morgan fingerprint density at radius 3 is 2.85 bits per heavy atom. The summed E-state index contributed by atoms with van der Waals surface area (Å²) in [6, 6.07) is 9.39. The minimum absolute atomic E-state index is 0.364. The zero-order chi connectivity index (χ0) is 14.2. The van der Waals surface area contributed by atoms with Crippen molar-refractivity contribution in [1.82, 2.24) is 0 Å². The number of thiophene rings is 1. The molecule has 1 aromatic heterocycles. The number of nitrogens with zero attached hydrogens (tertiary/aromatic N) is 1. The first kappa shape index (κ1) is 13.6. The molecule has 0 aliphatic carbocycles. The van der Waals surface area contributed by atoms with Crippen molar-refractivity contribution in [2.75, 3.05) is 10.8 Å². The molecule has 0 bridgehead atoms. The van der Waals surface area contributed by atoms with E-state index < -0.39 is 10.0 Å². The largest absolute Gasteiger partial charge is 0.326 e. The van der Waals surface area contributed by atoms with Gasteiger partial charge in [0.1, 0.15) is 4.21 Å². The van der Waals surface area contributed by atoms with Gasteiger partial charge in [-0.1, -0.05) is 18.2 Å². The predicted molar refractivity (Wildman–Crippen MR) is 81.5 cm³/mol. The summed E-state index contributed by atoms with van der Waals surface area (Å²) in [4.78, 5) is 0. The van der Waals surface area contributed by atoms with E-state index in [4.69, 9.17) is 5.73 Å². The van der Waals surface area contributed by atoms with Crippen molar-refractivity contribution in [3.05, 3.63) is 46.8 Å². The van der Waals surface area contributed by atoms with Gasteiger partial charge in [0, 0.05) is 13.1 Å². The summed E-state index contributed by atoms with van der Waals surface area (Å²) >= 11 is 1.24. The third kappa shape index (κ3) is 2.24. The lowest BCUT2D eigenvalue weighted by molar-refractivity contribution is 0.588. The molecule has 20 heavy (non-hydrogen) atoms. The van der Waals surface area contributed by atoms with Crippen LogP contribution in [0.4, 0.5) is 5.69 Å². The minimum atomic E-state index is -3.47. The highest BCUT2D eigenvalue weighted by atomic mass is 32.2. The first-order valence-corrected chi connectivity index (χ1v) is 8.83. The number of hydrogen-bond donors (Lipinski definition) is 1. The average molecular weight is 308 g/mol. The van der Waals surface area contributed by atoms with E-state index in [9.17, 15) is 8.42 Å². The zero-order valence-electron chi connectivity index (χ0n) is 11.0. The fraction of sp³-hybridized carbons (Fsp3) is 0.286. The molecule has 0 radical (unpaired) electrons. The van der Waals surface area contributed by atoms with E-state index in [2.05, 4.69) is 0 Å². The molecule has 1 aliphatic heterocycles. The van der Waals surface area contributed by atoms with Gasteiger partial charge in [-0.05, 0) is 41.5 Å². The summed E-state index contributed by atoms with van der Waals surface area (Å²) in [5.74, 6) is 0. The second-order valence-electron chi connectivity index (χ2n) is 4.79. The van der Waals surface area contributed by atoms with Crippen molar-refractivity contribution >= 4 is 27.0 Å². The van der Waals surface area contributed by atoms with Crippen molar-refractivity contribution in [1.29, 1.82) is 0 Å². The van der Waals surface area contributed by atoms with Gasteiger partial charge in [-0.25, -0.2) is 8.42 Å². The van der Waals surface area contributed by atoms with Gasteiger partial charge in [-0.15, -0.1) is 11.3 Å². The highest BCUT2D eigenvalue weighted by molar-refractivity contribution is 7.94. The van der Waals surface area contributed by atoms with Crippen LogP contribution in [0, 0.1) is 0 Å². The zero-order valence-corrected chi connectivity index (χ0v) is 12.6. The lowest BCUT2D eigenvalue weighted by Gasteiger charge is -2.29. The Bertz CT molecular complexity index is 722. The molecule has 2 heterocycles. The summed E-state index contributed by atoms with van der Waals surface area (Å²) in [6.45, 7) is 0.901.